The van der Waals surface area contributed by atoms with Crippen molar-refractivity contribution < 1.29 is 4.79 Å². The Labute approximate surface area is 135 Å². The summed E-state index contributed by atoms with van der Waals surface area (Å²) in [6.45, 7) is 2.90. The molecule has 1 atom stereocenters. The molecular weight excluding hydrogens is 288 g/mol. The fourth-order valence-corrected chi connectivity index (χ4v) is 2.34. The van der Waals surface area contributed by atoms with E-state index in [1.807, 2.05) is 0 Å². The third-order valence-electron chi connectivity index (χ3n) is 3.60. The average Bonchev–Trinajstić information content (AvgIpc) is 2.39. The maximum atomic E-state index is 11.4. The van der Waals surface area contributed by atoms with Crippen molar-refractivity contribution in [2.45, 2.75) is 71.1 Å². The van der Waals surface area contributed by atoms with Crippen molar-refractivity contribution in [2.75, 3.05) is 6.54 Å². The maximum absolute atomic E-state index is 11.4. The highest BCUT2D eigenvalue weighted by atomic mass is 35.5. The topological polar surface area (TPSA) is 105 Å². The van der Waals surface area contributed by atoms with Crippen LogP contribution in [0.15, 0.2) is 0 Å². The van der Waals surface area contributed by atoms with Gasteiger partial charge in [-0.1, -0.05) is 51.9 Å². The third kappa shape index (κ3) is 15.2. The lowest BCUT2D eigenvalue weighted by Crippen LogP contribution is -2.31. The van der Waals surface area contributed by atoms with Crippen LogP contribution < -0.4 is 16.8 Å². The SMILES string of the molecule is CCCCCCCCC(CCCCNC(=N)N)C(N)=O.Cl. The summed E-state index contributed by atoms with van der Waals surface area (Å²) in [5.74, 6) is -0.153. The molecule has 6 N–H and O–H groups in total. The molecule has 0 fully saturated rings. The molecule has 0 saturated heterocycles. The molecule has 0 aliphatic rings. The van der Waals surface area contributed by atoms with Crippen LogP contribution in [0.5, 0.6) is 0 Å². The summed E-state index contributed by atoms with van der Waals surface area (Å²) >= 11 is 0. The minimum absolute atomic E-state index is 0. The minimum atomic E-state index is -0.168. The highest BCUT2D eigenvalue weighted by Crippen LogP contribution is 2.17. The molecule has 6 heteroatoms. The summed E-state index contributed by atoms with van der Waals surface area (Å²) in [5, 5.41) is 9.80. The number of hydrogen-bond acceptors (Lipinski definition) is 2. The smallest absolute Gasteiger partial charge is 0.220 e. The second kappa shape index (κ2) is 15.4. The Morgan fingerprint density at radius 2 is 1.52 bits per heavy atom. The number of unbranched alkanes of at least 4 members (excludes halogenated alkanes) is 6. The Morgan fingerprint density at radius 3 is 2.05 bits per heavy atom. The highest BCUT2D eigenvalue weighted by Gasteiger charge is 2.14. The van der Waals surface area contributed by atoms with Gasteiger partial charge in [-0.25, -0.2) is 0 Å². The van der Waals surface area contributed by atoms with Gasteiger partial charge in [-0.05, 0) is 19.3 Å². The molecule has 0 heterocycles. The lowest BCUT2D eigenvalue weighted by atomic mass is 9.94. The Balaban J connectivity index is 0. The number of carbonyl (C=O) groups is 1. The van der Waals surface area contributed by atoms with E-state index < -0.39 is 0 Å². The van der Waals surface area contributed by atoms with Crippen molar-refractivity contribution in [1.29, 1.82) is 5.41 Å². The predicted octanol–water partition coefficient (Wildman–Crippen LogP) is 2.91. The molecule has 0 saturated carbocycles. The number of carbonyl (C=O) groups excluding carboxylic acids is 1. The van der Waals surface area contributed by atoms with Gasteiger partial charge >= 0.3 is 0 Å². The number of guanidine groups is 1. The fraction of sp³-hybridized carbons (Fsp3) is 0.867. The van der Waals surface area contributed by atoms with Crippen molar-refractivity contribution in [3.8, 4) is 0 Å². The van der Waals surface area contributed by atoms with Crippen LogP contribution in [0.25, 0.3) is 0 Å². The molecule has 0 aliphatic heterocycles. The number of primary amides is 1. The van der Waals surface area contributed by atoms with E-state index in [9.17, 15) is 4.79 Å². The van der Waals surface area contributed by atoms with Gasteiger partial charge < -0.3 is 16.8 Å². The molecule has 0 rings (SSSR count). The third-order valence-corrected chi connectivity index (χ3v) is 3.60. The molecule has 5 nitrogen and oxygen atoms in total. The minimum Gasteiger partial charge on any atom is -0.370 e. The number of hydrogen-bond donors (Lipinski definition) is 4. The molecule has 0 aromatic carbocycles. The molecule has 0 radical (unpaired) electrons. The zero-order chi connectivity index (χ0) is 15.2. The Bertz CT molecular complexity index is 274. The van der Waals surface area contributed by atoms with E-state index in [4.69, 9.17) is 16.9 Å². The van der Waals surface area contributed by atoms with Gasteiger partial charge in [0.25, 0.3) is 0 Å². The van der Waals surface area contributed by atoms with Gasteiger partial charge in [-0.15, -0.1) is 12.4 Å². The normalized spacial score (nSPS) is 11.5. The van der Waals surface area contributed by atoms with Gasteiger partial charge in [0, 0.05) is 12.5 Å². The number of nitrogens with two attached hydrogens (primary N) is 2. The van der Waals surface area contributed by atoms with Crippen LogP contribution in [0.4, 0.5) is 0 Å². The molecule has 0 aromatic heterocycles. The summed E-state index contributed by atoms with van der Waals surface area (Å²) in [4.78, 5) is 11.4. The second-order valence-electron chi connectivity index (χ2n) is 5.49. The van der Waals surface area contributed by atoms with Crippen LogP contribution >= 0.6 is 12.4 Å². The summed E-state index contributed by atoms with van der Waals surface area (Å²) < 4.78 is 0. The second-order valence-corrected chi connectivity index (χ2v) is 5.49. The van der Waals surface area contributed by atoms with Crippen LogP contribution in [0, 0.1) is 11.3 Å². The van der Waals surface area contributed by atoms with Gasteiger partial charge in [0.15, 0.2) is 5.96 Å². The Hall–Kier alpha value is -0.970. The van der Waals surface area contributed by atoms with Crippen molar-refractivity contribution in [3.05, 3.63) is 0 Å². The number of halogens is 1. The monoisotopic (exact) mass is 320 g/mol. The van der Waals surface area contributed by atoms with Crippen LogP contribution in [0.2, 0.25) is 0 Å². The van der Waals surface area contributed by atoms with E-state index in [1.165, 1.54) is 32.1 Å². The van der Waals surface area contributed by atoms with Crippen molar-refractivity contribution in [1.82, 2.24) is 5.32 Å². The van der Waals surface area contributed by atoms with Gasteiger partial charge in [0.2, 0.25) is 5.91 Å². The number of nitrogens with one attached hydrogen (secondary N) is 2. The summed E-state index contributed by atoms with van der Waals surface area (Å²) in [7, 11) is 0. The van der Waals surface area contributed by atoms with Crippen molar-refractivity contribution in [2.24, 2.45) is 17.4 Å². The summed E-state index contributed by atoms with van der Waals surface area (Å²) in [6.07, 6.45) is 11.1. The zero-order valence-electron chi connectivity index (χ0n) is 13.3. The lowest BCUT2D eigenvalue weighted by molar-refractivity contribution is -0.122. The molecule has 0 bridgehead atoms. The quantitative estimate of drug-likeness (QED) is 0.238. The first-order chi connectivity index (χ1) is 9.57. The summed E-state index contributed by atoms with van der Waals surface area (Å²) in [6, 6.07) is 0. The first-order valence-corrected chi connectivity index (χ1v) is 7.95. The molecule has 126 valence electrons. The largest absolute Gasteiger partial charge is 0.370 e. The first kappa shape index (κ1) is 22.3. The van der Waals surface area contributed by atoms with Gasteiger partial charge in [-0.2, -0.15) is 0 Å². The van der Waals surface area contributed by atoms with Crippen LogP contribution in [-0.2, 0) is 4.79 Å². The van der Waals surface area contributed by atoms with Gasteiger partial charge in [-0.3, -0.25) is 10.2 Å². The van der Waals surface area contributed by atoms with Gasteiger partial charge in [0.05, 0.1) is 0 Å². The molecule has 21 heavy (non-hydrogen) atoms. The van der Waals surface area contributed by atoms with E-state index in [-0.39, 0.29) is 30.2 Å². The molecule has 0 aliphatic carbocycles. The zero-order valence-corrected chi connectivity index (χ0v) is 14.1. The molecule has 0 spiro atoms. The Morgan fingerprint density at radius 1 is 1.00 bits per heavy atom. The Kier molecular flexibility index (Phi) is 16.4. The van der Waals surface area contributed by atoms with Crippen molar-refractivity contribution >= 4 is 24.3 Å². The first-order valence-electron chi connectivity index (χ1n) is 7.95. The van der Waals surface area contributed by atoms with Crippen LogP contribution in [0.1, 0.15) is 71.1 Å². The van der Waals surface area contributed by atoms with E-state index in [0.717, 1.165) is 32.1 Å². The van der Waals surface area contributed by atoms with Crippen molar-refractivity contribution in [3.63, 3.8) is 0 Å². The lowest BCUT2D eigenvalue weighted by Gasteiger charge is -2.13. The van der Waals surface area contributed by atoms with E-state index >= 15 is 0 Å². The van der Waals surface area contributed by atoms with Crippen LogP contribution in [0.3, 0.4) is 0 Å². The molecule has 1 amide bonds. The average molecular weight is 321 g/mol. The van der Waals surface area contributed by atoms with E-state index in [0.29, 0.717) is 6.54 Å². The molecule has 1 unspecified atom stereocenters. The van der Waals surface area contributed by atoms with Crippen LogP contribution in [-0.4, -0.2) is 18.4 Å². The molecule has 0 aromatic rings. The van der Waals surface area contributed by atoms with Gasteiger partial charge in [0.1, 0.15) is 0 Å². The maximum Gasteiger partial charge on any atom is 0.220 e. The predicted molar refractivity (Wildman–Crippen MR) is 91.7 cm³/mol. The number of amides is 1. The molecular formula is C15H33ClN4O. The summed E-state index contributed by atoms with van der Waals surface area (Å²) in [5.41, 5.74) is 10.6. The number of rotatable bonds is 13. The van der Waals surface area contributed by atoms with E-state index in [1.54, 1.807) is 0 Å². The fourth-order valence-electron chi connectivity index (χ4n) is 2.34. The highest BCUT2D eigenvalue weighted by molar-refractivity contribution is 5.85. The standard InChI is InChI=1S/C15H32N4O.ClH/c1-2-3-4-5-6-7-10-13(14(16)20)11-8-9-12-19-15(17)18;/h13H,2-12H2,1H3,(H2,16,20)(H4,17,18,19);1H. The van der Waals surface area contributed by atoms with E-state index in [2.05, 4.69) is 12.2 Å².